The van der Waals surface area contributed by atoms with Crippen LogP contribution < -0.4 is 15.2 Å². The lowest BCUT2D eigenvalue weighted by Crippen LogP contribution is -2.52. The Morgan fingerprint density at radius 1 is 1.20 bits per heavy atom. The van der Waals surface area contributed by atoms with E-state index in [0.717, 1.165) is 12.1 Å². The van der Waals surface area contributed by atoms with Gasteiger partial charge in [-0.1, -0.05) is 6.07 Å². The summed E-state index contributed by atoms with van der Waals surface area (Å²) in [6, 6.07) is 2.13. The van der Waals surface area contributed by atoms with E-state index in [1.54, 1.807) is 0 Å². The molecule has 0 aliphatic carbocycles. The van der Waals surface area contributed by atoms with Gasteiger partial charge in [-0.25, -0.2) is 0 Å². The van der Waals surface area contributed by atoms with E-state index in [1.807, 2.05) is 0 Å². The molecule has 9 heteroatoms. The summed E-state index contributed by atoms with van der Waals surface area (Å²) in [6.07, 6.45) is -10.1. The number of rotatable bonds is 3. The molecule has 1 unspecified atom stereocenters. The molecule has 0 radical (unpaired) electrons. The van der Waals surface area contributed by atoms with Crippen LogP contribution in [0, 0.1) is 0 Å². The van der Waals surface area contributed by atoms with Gasteiger partial charge in [-0.05, 0) is 17.7 Å². The van der Waals surface area contributed by atoms with Gasteiger partial charge in [0.05, 0.1) is 6.42 Å². The number of carboxylic acids is 1. The molecule has 0 fully saturated rings. The molecule has 1 heterocycles. The number of fused-ring (bicyclic) bond motifs is 1. The summed E-state index contributed by atoms with van der Waals surface area (Å²) in [6.45, 7) is 0. The molecular weight excluding hydrogens is 286 g/mol. The lowest BCUT2D eigenvalue weighted by atomic mass is 10.0. The number of carboxylic acid groups (broad SMARTS) is 1. The number of halogens is 4. The zero-order valence-corrected chi connectivity index (χ0v) is 9.78. The first kappa shape index (κ1) is 14.4. The molecule has 0 amide bonds. The molecular formula is C11H9F4NO4. The van der Waals surface area contributed by atoms with Crippen molar-refractivity contribution in [1.29, 1.82) is 0 Å². The van der Waals surface area contributed by atoms with E-state index in [9.17, 15) is 22.4 Å². The zero-order valence-electron chi connectivity index (χ0n) is 9.78. The Bertz CT molecular complexity index is 549. The van der Waals surface area contributed by atoms with Crippen LogP contribution in [0.1, 0.15) is 18.0 Å². The Morgan fingerprint density at radius 2 is 1.75 bits per heavy atom. The summed E-state index contributed by atoms with van der Waals surface area (Å²) in [5.41, 5.74) is 5.69. The van der Waals surface area contributed by atoms with E-state index in [2.05, 4.69) is 9.47 Å². The fourth-order valence-electron chi connectivity index (χ4n) is 1.62. The smallest absolute Gasteiger partial charge is 0.481 e. The predicted molar refractivity (Wildman–Crippen MR) is 56.8 cm³/mol. The highest BCUT2D eigenvalue weighted by atomic mass is 19.3. The minimum atomic E-state index is -4.82. The van der Waals surface area contributed by atoms with Crippen molar-refractivity contribution in [2.24, 2.45) is 5.73 Å². The summed E-state index contributed by atoms with van der Waals surface area (Å²) in [7, 11) is 0. The number of benzene rings is 1. The summed E-state index contributed by atoms with van der Waals surface area (Å²) in [5.74, 6) is -2.39. The Balaban J connectivity index is 2.32. The van der Waals surface area contributed by atoms with Crippen molar-refractivity contribution in [2.75, 3.05) is 0 Å². The first-order chi connectivity index (χ1) is 9.12. The second-order valence-corrected chi connectivity index (χ2v) is 4.15. The molecule has 0 spiro atoms. The quantitative estimate of drug-likeness (QED) is 0.835. The highest BCUT2D eigenvalue weighted by Gasteiger charge is 2.65. The second kappa shape index (κ2) is 4.51. The van der Waals surface area contributed by atoms with Crippen LogP contribution in [0.4, 0.5) is 17.6 Å². The molecule has 0 saturated heterocycles. The van der Waals surface area contributed by atoms with Gasteiger partial charge in [0, 0.05) is 6.04 Å². The van der Waals surface area contributed by atoms with Crippen LogP contribution in [0.3, 0.4) is 0 Å². The molecule has 3 N–H and O–H groups in total. The summed E-state index contributed by atoms with van der Waals surface area (Å²) in [4.78, 5) is 10.5. The number of carbonyl (C=O) groups is 1. The lowest BCUT2D eigenvalue weighted by molar-refractivity contribution is -0.391. The van der Waals surface area contributed by atoms with Crippen molar-refractivity contribution >= 4 is 5.97 Å². The maximum Gasteiger partial charge on any atom is 0.507 e. The van der Waals surface area contributed by atoms with Gasteiger partial charge in [-0.2, -0.15) is 17.6 Å². The number of alkyl halides is 4. The van der Waals surface area contributed by atoms with Gasteiger partial charge in [0.1, 0.15) is 0 Å². The van der Waals surface area contributed by atoms with Gasteiger partial charge in [0.25, 0.3) is 0 Å². The van der Waals surface area contributed by atoms with E-state index < -0.39 is 42.1 Å². The van der Waals surface area contributed by atoms with Gasteiger partial charge < -0.3 is 20.3 Å². The van der Waals surface area contributed by atoms with E-state index in [1.165, 1.54) is 6.07 Å². The van der Waals surface area contributed by atoms with Crippen LogP contribution in [0.2, 0.25) is 0 Å². The van der Waals surface area contributed by atoms with Gasteiger partial charge in [-0.15, -0.1) is 0 Å². The third kappa shape index (κ3) is 2.48. The van der Waals surface area contributed by atoms with E-state index >= 15 is 0 Å². The average Bonchev–Trinajstić information content (AvgIpc) is 2.28. The van der Waals surface area contributed by atoms with Crippen molar-refractivity contribution in [1.82, 2.24) is 0 Å². The van der Waals surface area contributed by atoms with Gasteiger partial charge in [0.15, 0.2) is 11.5 Å². The van der Waals surface area contributed by atoms with Crippen LogP contribution in [0.25, 0.3) is 0 Å². The number of hydrogen-bond donors (Lipinski definition) is 2. The van der Waals surface area contributed by atoms with E-state index in [0.29, 0.717) is 0 Å². The number of hydrogen-bond acceptors (Lipinski definition) is 4. The van der Waals surface area contributed by atoms with Crippen LogP contribution in [-0.2, 0) is 4.79 Å². The van der Waals surface area contributed by atoms with Crippen molar-refractivity contribution in [2.45, 2.75) is 24.7 Å². The lowest BCUT2D eigenvalue weighted by Gasteiger charge is -2.32. The molecule has 0 bridgehead atoms. The Kier molecular flexibility index (Phi) is 3.24. The first-order valence-electron chi connectivity index (χ1n) is 5.37. The molecule has 1 aliphatic heterocycles. The van der Waals surface area contributed by atoms with Crippen molar-refractivity contribution < 1.29 is 36.9 Å². The summed E-state index contributed by atoms with van der Waals surface area (Å²) in [5, 5.41) is 8.58. The number of aliphatic carboxylic acids is 1. The standard InChI is InChI=1S/C11H9F4NO4/c12-10(13)11(14,15)20-8-3-5(1-2-7(8)19-10)6(16)4-9(17)18/h1-3,6H,4,16H2,(H,17,18). The molecule has 110 valence electrons. The summed E-state index contributed by atoms with van der Waals surface area (Å²) < 4.78 is 59.6. The summed E-state index contributed by atoms with van der Waals surface area (Å²) >= 11 is 0. The fraction of sp³-hybridized carbons (Fsp3) is 0.364. The molecule has 2 rings (SSSR count). The van der Waals surface area contributed by atoms with Crippen LogP contribution in [0.15, 0.2) is 18.2 Å². The third-order valence-electron chi connectivity index (χ3n) is 2.61. The minimum absolute atomic E-state index is 0.149. The molecule has 5 nitrogen and oxygen atoms in total. The third-order valence-corrected chi connectivity index (χ3v) is 2.61. The Hall–Kier alpha value is -2.03. The first-order valence-corrected chi connectivity index (χ1v) is 5.37. The number of ether oxygens (including phenoxy) is 2. The number of nitrogens with two attached hydrogens (primary N) is 1. The largest absolute Gasteiger partial charge is 0.507 e. The van der Waals surface area contributed by atoms with Crippen LogP contribution in [0.5, 0.6) is 11.5 Å². The second-order valence-electron chi connectivity index (χ2n) is 4.15. The maximum absolute atomic E-state index is 13.0. The Morgan fingerprint density at radius 3 is 2.30 bits per heavy atom. The predicted octanol–water partition coefficient (Wildman–Crippen LogP) is 2.12. The Labute approximate surface area is 109 Å². The zero-order chi connectivity index (χ0) is 15.1. The minimum Gasteiger partial charge on any atom is -0.481 e. The van der Waals surface area contributed by atoms with E-state index in [4.69, 9.17) is 10.8 Å². The van der Waals surface area contributed by atoms with Crippen molar-refractivity contribution in [3.63, 3.8) is 0 Å². The van der Waals surface area contributed by atoms with Gasteiger partial charge in [-0.3, -0.25) is 4.79 Å². The highest BCUT2D eigenvalue weighted by molar-refractivity contribution is 5.68. The molecule has 1 aromatic carbocycles. The topological polar surface area (TPSA) is 81.8 Å². The van der Waals surface area contributed by atoms with Crippen LogP contribution >= 0.6 is 0 Å². The normalized spacial score (nSPS) is 20.2. The monoisotopic (exact) mass is 295 g/mol. The molecule has 1 aliphatic rings. The average molecular weight is 295 g/mol. The molecule has 0 aromatic heterocycles. The van der Waals surface area contributed by atoms with Gasteiger partial charge in [0.2, 0.25) is 0 Å². The van der Waals surface area contributed by atoms with Gasteiger partial charge >= 0.3 is 18.2 Å². The molecule has 1 aromatic rings. The molecule has 1 atom stereocenters. The van der Waals surface area contributed by atoms with Crippen molar-refractivity contribution in [3.05, 3.63) is 23.8 Å². The van der Waals surface area contributed by atoms with Crippen molar-refractivity contribution in [3.8, 4) is 11.5 Å². The highest BCUT2D eigenvalue weighted by Crippen LogP contribution is 2.47. The van der Waals surface area contributed by atoms with Crippen LogP contribution in [-0.4, -0.2) is 23.3 Å². The molecule has 20 heavy (non-hydrogen) atoms. The maximum atomic E-state index is 13.0. The fourth-order valence-corrected chi connectivity index (χ4v) is 1.62. The molecule has 0 saturated carbocycles. The SMILES string of the molecule is NC(CC(=O)O)c1ccc2c(c1)OC(F)(F)C(F)(F)O2. The van der Waals surface area contributed by atoms with E-state index in [-0.39, 0.29) is 5.56 Å².